The Bertz CT molecular complexity index is 1300. The van der Waals surface area contributed by atoms with E-state index < -0.39 is 6.04 Å². The van der Waals surface area contributed by atoms with Crippen molar-refractivity contribution in [1.82, 2.24) is 10.2 Å². The molecule has 36 heavy (non-hydrogen) atoms. The molecule has 5 heteroatoms. The second-order valence-electron chi connectivity index (χ2n) is 8.87. The van der Waals surface area contributed by atoms with E-state index in [0.29, 0.717) is 25.3 Å². The number of hydrogen-bond donors (Lipinski definition) is 1. The minimum Gasteiger partial charge on any atom is -0.483 e. The summed E-state index contributed by atoms with van der Waals surface area (Å²) in [6, 6.07) is 30.9. The summed E-state index contributed by atoms with van der Waals surface area (Å²) >= 11 is 0. The van der Waals surface area contributed by atoms with Crippen molar-refractivity contribution in [2.75, 3.05) is 13.2 Å². The Morgan fingerprint density at radius 2 is 1.53 bits per heavy atom. The number of carbonyl (C=O) groups is 2. The van der Waals surface area contributed by atoms with Gasteiger partial charge in [0.05, 0.1) is 0 Å². The van der Waals surface area contributed by atoms with E-state index >= 15 is 0 Å². The zero-order valence-corrected chi connectivity index (χ0v) is 20.8. The summed E-state index contributed by atoms with van der Waals surface area (Å²) < 4.78 is 6.04. The lowest BCUT2D eigenvalue weighted by atomic mass is 10.0. The second-order valence-corrected chi connectivity index (χ2v) is 8.87. The van der Waals surface area contributed by atoms with Gasteiger partial charge in [-0.25, -0.2) is 0 Å². The van der Waals surface area contributed by atoms with Crippen LogP contribution in [-0.2, 0) is 22.6 Å². The van der Waals surface area contributed by atoms with E-state index in [1.165, 1.54) is 0 Å². The van der Waals surface area contributed by atoms with E-state index in [9.17, 15) is 9.59 Å². The van der Waals surface area contributed by atoms with Crippen LogP contribution in [0.4, 0.5) is 0 Å². The highest BCUT2D eigenvalue weighted by Crippen LogP contribution is 2.25. The summed E-state index contributed by atoms with van der Waals surface area (Å²) in [5.74, 6) is 0.233. The molecular weight excluding hydrogens is 448 g/mol. The Kier molecular flexibility index (Phi) is 8.35. The first kappa shape index (κ1) is 25.0. The van der Waals surface area contributed by atoms with Gasteiger partial charge in [0.15, 0.2) is 6.61 Å². The van der Waals surface area contributed by atoms with Crippen LogP contribution in [0, 0.1) is 6.92 Å². The molecule has 0 aliphatic carbocycles. The molecule has 0 aliphatic rings. The molecule has 0 fully saturated rings. The van der Waals surface area contributed by atoms with Crippen LogP contribution in [0.5, 0.6) is 5.75 Å². The van der Waals surface area contributed by atoms with Gasteiger partial charge >= 0.3 is 0 Å². The van der Waals surface area contributed by atoms with Crippen molar-refractivity contribution >= 4 is 22.6 Å². The molecule has 0 bridgehead atoms. The van der Waals surface area contributed by atoms with Crippen LogP contribution in [0.1, 0.15) is 23.6 Å². The van der Waals surface area contributed by atoms with Gasteiger partial charge in [0, 0.05) is 24.9 Å². The van der Waals surface area contributed by atoms with Crippen molar-refractivity contribution in [2.45, 2.75) is 32.9 Å². The fourth-order valence-electron chi connectivity index (χ4n) is 4.28. The van der Waals surface area contributed by atoms with Gasteiger partial charge in [0.25, 0.3) is 5.91 Å². The van der Waals surface area contributed by atoms with Gasteiger partial charge in [0.2, 0.25) is 5.91 Å². The summed E-state index contributed by atoms with van der Waals surface area (Å²) in [5, 5.41) is 4.91. The number of rotatable bonds is 10. The maximum atomic E-state index is 13.7. The van der Waals surface area contributed by atoms with Gasteiger partial charge in [-0.1, -0.05) is 96.6 Å². The van der Waals surface area contributed by atoms with Gasteiger partial charge in [-0.15, -0.1) is 0 Å². The first-order valence-electron chi connectivity index (χ1n) is 12.3. The molecular formula is C31H32N2O3. The number of aryl methyl sites for hydroxylation is 1. The highest BCUT2D eigenvalue weighted by molar-refractivity contribution is 5.90. The standard InChI is InChI=1S/C31H32N2O3/c1-3-32-31(35)28(20-24-10-5-4-6-11-24)33(21-25-18-16-23(2)17-19-25)30(34)22-36-29-15-9-13-26-12-7-8-14-27(26)29/h4-19,28H,3,20-22H2,1-2H3,(H,32,35)/t28-/m1/s1. The third-order valence-electron chi connectivity index (χ3n) is 6.20. The van der Waals surface area contributed by atoms with Crippen LogP contribution in [0.3, 0.4) is 0 Å². The number of carbonyl (C=O) groups excluding carboxylic acids is 2. The number of nitrogens with zero attached hydrogens (tertiary/aromatic N) is 1. The number of benzene rings is 4. The maximum absolute atomic E-state index is 13.7. The normalized spacial score (nSPS) is 11.6. The highest BCUT2D eigenvalue weighted by Gasteiger charge is 2.30. The molecule has 4 aromatic rings. The minimum atomic E-state index is -0.669. The van der Waals surface area contributed by atoms with Crippen molar-refractivity contribution in [2.24, 2.45) is 0 Å². The summed E-state index contributed by atoms with van der Waals surface area (Å²) in [4.78, 5) is 28.6. The molecule has 2 amide bonds. The largest absolute Gasteiger partial charge is 0.483 e. The quantitative estimate of drug-likeness (QED) is 0.335. The Morgan fingerprint density at radius 3 is 2.28 bits per heavy atom. The van der Waals surface area contributed by atoms with Crippen LogP contribution < -0.4 is 10.1 Å². The topological polar surface area (TPSA) is 58.6 Å². The van der Waals surface area contributed by atoms with Crippen LogP contribution in [0.15, 0.2) is 97.1 Å². The number of ether oxygens (including phenoxy) is 1. The molecule has 0 radical (unpaired) electrons. The van der Waals surface area contributed by atoms with E-state index in [-0.39, 0.29) is 18.4 Å². The smallest absolute Gasteiger partial charge is 0.261 e. The van der Waals surface area contributed by atoms with Crippen LogP contribution >= 0.6 is 0 Å². The van der Waals surface area contributed by atoms with E-state index in [2.05, 4.69) is 5.32 Å². The fraction of sp³-hybridized carbons (Fsp3) is 0.226. The lowest BCUT2D eigenvalue weighted by Crippen LogP contribution is -2.51. The Hall–Kier alpha value is -4.12. The molecule has 0 spiro atoms. The van der Waals surface area contributed by atoms with Crippen molar-refractivity contribution in [1.29, 1.82) is 0 Å². The van der Waals surface area contributed by atoms with Crippen LogP contribution in [0.25, 0.3) is 10.8 Å². The van der Waals surface area contributed by atoms with Gasteiger partial charge in [0.1, 0.15) is 11.8 Å². The van der Waals surface area contributed by atoms with Crippen molar-refractivity contribution in [3.63, 3.8) is 0 Å². The van der Waals surface area contributed by atoms with Gasteiger partial charge in [-0.05, 0) is 36.4 Å². The number of fused-ring (bicyclic) bond motifs is 1. The van der Waals surface area contributed by atoms with Crippen LogP contribution in [0.2, 0.25) is 0 Å². The molecule has 4 rings (SSSR count). The van der Waals surface area contributed by atoms with E-state index in [1.54, 1.807) is 4.90 Å². The molecule has 0 saturated heterocycles. The monoisotopic (exact) mass is 480 g/mol. The number of nitrogens with one attached hydrogen (secondary N) is 1. The molecule has 0 aliphatic heterocycles. The average molecular weight is 481 g/mol. The van der Waals surface area contributed by atoms with E-state index in [0.717, 1.165) is 27.5 Å². The third-order valence-corrected chi connectivity index (χ3v) is 6.20. The summed E-state index contributed by atoms with van der Waals surface area (Å²) in [5.41, 5.74) is 3.09. The predicted octanol–water partition coefficient (Wildman–Crippen LogP) is 5.30. The Morgan fingerprint density at radius 1 is 0.833 bits per heavy atom. The van der Waals surface area contributed by atoms with Crippen LogP contribution in [-0.4, -0.2) is 35.9 Å². The van der Waals surface area contributed by atoms with E-state index in [1.807, 2.05) is 111 Å². The maximum Gasteiger partial charge on any atom is 0.261 e. The molecule has 4 aromatic carbocycles. The van der Waals surface area contributed by atoms with Crippen molar-refractivity contribution < 1.29 is 14.3 Å². The third kappa shape index (κ3) is 6.30. The molecule has 1 atom stereocenters. The van der Waals surface area contributed by atoms with Gasteiger partial charge in [-0.3, -0.25) is 9.59 Å². The summed E-state index contributed by atoms with van der Waals surface area (Å²) in [6.07, 6.45) is 0.415. The summed E-state index contributed by atoms with van der Waals surface area (Å²) in [6.45, 7) is 4.55. The average Bonchev–Trinajstić information content (AvgIpc) is 2.91. The van der Waals surface area contributed by atoms with Crippen molar-refractivity contribution in [3.05, 3.63) is 114 Å². The Labute approximate surface area is 212 Å². The SMILES string of the molecule is CCNC(=O)[C@@H](Cc1ccccc1)N(Cc1ccc(C)cc1)C(=O)COc1cccc2ccccc12. The molecule has 184 valence electrons. The number of hydrogen-bond acceptors (Lipinski definition) is 3. The van der Waals surface area contributed by atoms with Gasteiger partial charge in [-0.2, -0.15) is 0 Å². The first-order chi connectivity index (χ1) is 17.5. The molecule has 0 unspecified atom stereocenters. The first-order valence-corrected chi connectivity index (χ1v) is 12.3. The van der Waals surface area contributed by atoms with Gasteiger partial charge < -0.3 is 15.0 Å². The minimum absolute atomic E-state index is 0.162. The molecule has 5 nitrogen and oxygen atoms in total. The van der Waals surface area contributed by atoms with E-state index in [4.69, 9.17) is 4.74 Å². The highest BCUT2D eigenvalue weighted by atomic mass is 16.5. The predicted molar refractivity (Wildman–Crippen MR) is 144 cm³/mol. The molecule has 1 N–H and O–H groups in total. The Balaban J connectivity index is 1.62. The number of likely N-dealkylation sites (N-methyl/N-ethyl adjacent to an activating group) is 1. The molecule has 0 heterocycles. The fourth-order valence-corrected chi connectivity index (χ4v) is 4.28. The molecule has 0 aromatic heterocycles. The number of amides is 2. The lowest BCUT2D eigenvalue weighted by molar-refractivity contribution is -0.142. The zero-order chi connectivity index (χ0) is 25.3. The summed E-state index contributed by atoms with van der Waals surface area (Å²) in [7, 11) is 0. The van der Waals surface area contributed by atoms with Crippen molar-refractivity contribution in [3.8, 4) is 5.75 Å². The zero-order valence-electron chi connectivity index (χ0n) is 20.8. The second kappa shape index (κ2) is 12.0. The lowest BCUT2D eigenvalue weighted by Gasteiger charge is -2.31. The molecule has 0 saturated carbocycles.